The van der Waals surface area contributed by atoms with Crippen molar-refractivity contribution in [1.29, 1.82) is 0 Å². The maximum absolute atomic E-state index is 13.8. The van der Waals surface area contributed by atoms with Crippen LogP contribution in [-0.2, 0) is 4.57 Å². The van der Waals surface area contributed by atoms with Crippen LogP contribution in [0.5, 0.6) is 0 Å². The molecule has 0 atom stereocenters. The normalized spacial score (nSPS) is 11.2. The van der Waals surface area contributed by atoms with Crippen LogP contribution in [-0.4, -0.2) is 5.71 Å². The molecule has 0 aliphatic carbocycles. The predicted octanol–water partition coefficient (Wildman–Crippen LogP) is 4.67. The maximum Gasteiger partial charge on any atom is 0.247 e. The number of rotatable bonds is 4. The summed E-state index contributed by atoms with van der Waals surface area (Å²) in [4.78, 5) is 0. The molecular formula is C22H20NOP. The number of hydrogen-bond donors (Lipinski definition) is 0. The molecule has 0 saturated carbocycles. The van der Waals surface area contributed by atoms with Crippen LogP contribution in [0.4, 0.5) is 0 Å². The molecule has 0 fully saturated rings. The van der Waals surface area contributed by atoms with Gasteiger partial charge < -0.3 is 0 Å². The molecule has 3 rings (SSSR count). The van der Waals surface area contributed by atoms with Gasteiger partial charge in [0.05, 0.1) is 0 Å². The van der Waals surface area contributed by atoms with Gasteiger partial charge in [-0.15, -0.1) is 12.8 Å². The van der Waals surface area contributed by atoms with E-state index in [9.17, 15) is 4.57 Å². The van der Waals surface area contributed by atoms with Gasteiger partial charge in [0.25, 0.3) is 0 Å². The Morgan fingerprint density at radius 2 is 1.08 bits per heavy atom. The molecule has 0 radical (unpaired) electrons. The summed E-state index contributed by atoms with van der Waals surface area (Å²) in [7, 11) is -3.06. The average molecular weight is 345 g/mol. The average Bonchev–Trinajstić information content (AvgIpc) is 2.71. The molecule has 3 aromatic rings. The van der Waals surface area contributed by atoms with Gasteiger partial charge in [0.15, 0.2) is 0 Å². The standard InChI is InChI=1S/C20H18NOP.C2H2/c1-17(18-11-5-2-6-12-18)21-23(22,19-13-7-3-8-14-19)20-15-9-4-10-16-20;1-2/h2-16H,1H3;1-2H. The molecule has 0 aliphatic rings. The van der Waals surface area contributed by atoms with Crippen molar-refractivity contribution in [3.8, 4) is 12.8 Å². The summed E-state index contributed by atoms with van der Waals surface area (Å²) in [6, 6.07) is 28.8. The third kappa shape index (κ3) is 4.35. The Labute approximate surface area is 149 Å². The van der Waals surface area contributed by atoms with E-state index >= 15 is 0 Å². The van der Waals surface area contributed by atoms with Gasteiger partial charge in [-0.05, 0) is 36.8 Å². The quantitative estimate of drug-likeness (QED) is 0.384. The first-order valence-corrected chi connectivity index (χ1v) is 9.53. The number of terminal acetylenes is 1. The van der Waals surface area contributed by atoms with E-state index in [1.54, 1.807) is 0 Å². The molecule has 2 nitrogen and oxygen atoms in total. The lowest BCUT2D eigenvalue weighted by molar-refractivity contribution is 0.588. The Morgan fingerprint density at radius 1 is 0.720 bits per heavy atom. The summed E-state index contributed by atoms with van der Waals surface area (Å²) in [5, 5.41) is 1.50. The lowest BCUT2D eigenvalue weighted by atomic mass is 10.1. The number of nitrogens with zero attached hydrogens (tertiary/aromatic N) is 1. The molecule has 124 valence electrons. The zero-order valence-electron chi connectivity index (χ0n) is 14.1. The minimum absolute atomic E-state index is 0.751. The molecule has 0 amide bonds. The molecule has 25 heavy (non-hydrogen) atoms. The Balaban J connectivity index is 0.00000109. The second-order valence-corrected chi connectivity index (χ2v) is 7.68. The molecule has 0 heterocycles. The molecule has 0 bridgehead atoms. The van der Waals surface area contributed by atoms with Crippen LogP contribution in [0.15, 0.2) is 95.8 Å². The molecule has 0 spiro atoms. The second kappa shape index (κ2) is 8.83. The van der Waals surface area contributed by atoms with Crippen molar-refractivity contribution in [3.63, 3.8) is 0 Å². The van der Waals surface area contributed by atoms with E-state index in [4.69, 9.17) is 4.76 Å². The van der Waals surface area contributed by atoms with Crippen molar-refractivity contribution in [2.45, 2.75) is 6.92 Å². The second-order valence-electron chi connectivity index (χ2n) is 5.30. The summed E-state index contributed by atoms with van der Waals surface area (Å²) in [6.07, 6.45) is 8.00. The van der Waals surface area contributed by atoms with Gasteiger partial charge >= 0.3 is 0 Å². The van der Waals surface area contributed by atoms with Crippen molar-refractivity contribution in [3.05, 3.63) is 96.6 Å². The lowest BCUT2D eigenvalue weighted by Gasteiger charge is -2.16. The Kier molecular flexibility index (Phi) is 6.52. The molecule has 0 saturated heterocycles. The highest BCUT2D eigenvalue weighted by Gasteiger charge is 2.26. The molecular weight excluding hydrogens is 325 g/mol. The SMILES string of the molecule is C#C.CC(=NP(=O)(c1ccccc1)c1ccccc1)c1ccccc1. The highest BCUT2D eigenvalue weighted by Crippen LogP contribution is 2.45. The Hall–Kier alpha value is -2.88. The summed E-state index contributed by atoms with van der Waals surface area (Å²) in [6.45, 7) is 1.91. The van der Waals surface area contributed by atoms with E-state index in [1.807, 2.05) is 97.9 Å². The minimum Gasteiger partial charge on any atom is -0.288 e. The van der Waals surface area contributed by atoms with E-state index in [1.165, 1.54) is 0 Å². The molecule has 0 N–H and O–H groups in total. The van der Waals surface area contributed by atoms with Crippen molar-refractivity contribution >= 4 is 23.6 Å². The first-order chi connectivity index (χ1) is 12.2. The zero-order valence-corrected chi connectivity index (χ0v) is 15.0. The maximum atomic E-state index is 13.8. The lowest BCUT2D eigenvalue weighted by Crippen LogP contribution is -2.15. The van der Waals surface area contributed by atoms with E-state index < -0.39 is 7.29 Å². The fourth-order valence-corrected chi connectivity index (χ4v) is 4.69. The highest BCUT2D eigenvalue weighted by atomic mass is 31.2. The summed E-state index contributed by atoms with van der Waals surface area (Å²) < 4.78 is 18.5. The monoisotopic (exact) mass is 345 g/mol. The van der Waals surface area contributed by atoms with Crippen LogP contribution in [0.3, 0.4) is 0 Å². The van der Waals surface area contributed by atoms with Crippen LogP contribution in [0, 0.1) is 12.8 Å². The van der Waals surface area contributed by atoms with Gasteiger partial charge in [-0.2, -0.15) is 0 Å². The van der Waals surface area contributed by atoms with Crippen molar-refractivity contribution in [2.24, 2.45) is 4.76 Å². The van der Waals surface area contributed by atoms with Crippen molar-refractivity contribution < 1.29 is 4.57 Å². The largest absolute Gasteiger partial charge is 0.288 e. The fraction of sp³-hybridized carbons (Fsp3) is 0.0455. The van der Waals surface area contributed by atoms with Crippen LogP contribution < -0.4 is 10.6 Å². The smallest absolute Gasteiger partial charge is 0.247 e. The summed E-state index contributed by atoms with van der Waals surface area (Å²) in [5.74, 6) is 0. The molecule has 0 aromatic heterocycles. The fourth-order valence-electron chi connectivity index (χ4n) is 2.47. The van der Waals surface area contributed by atoms with Crippen molar-refractivity contribution in [2.75, 3.05) is 0 Å². The summed E-state index contributed by atoms with van der Waals surface area (Å²) in [5.41, 5.74) is 1.77. The topological polar surface area (TPSA) is 29.4 Å². The van der Waals surface area contributed by atoms with Gasteiger partial charge in [-0.25, -0.2) is 4.76 Å². The third-order valence-electron chi connectivity index (χ3n) is 3.69. The van der Waals surface area contributed by atoms with Gasteiger partial charge in [0.1, 0.15) is 0 Å². The summed E-state index contributed by atoms with van der Waals surface area (Å²) >= 11 is 0. The Bertz CT molecular complexity index is 841. The van der Waals surface area contributed by atoms with Gasteiger partial charge in [0, 0.05) is 16.3 Å². The molecule has 3 aromatic carbocycles. The van der Waals surface area contributed by atoms with Crippen LogP contribution in [0.1, 0.15) is 12.5 Å². The van der Waals surface area contributed by atoms with Gasteiger partial charge in [-0.1, -0.05) is 66.7 Å². The molecule has 3 heteroatoms. The number of benzene rings is 3. The minimum atomic E-state index is -3.06. The molecule has 0 aliphatic heterocycles. The molecule has 0 unspecified atom stereocenters. The van der Waals surface area contributed by atoms with E-state index in [2.05, 4.69) is 12.8 Å². The van der Waals surface area contributed by atoms with Gasteiger partial charge in [0.2, 0.25) is 7.29 Å². The van der Waals surface area contributed by atoms with Crippen LogP contribution in [0.25, 0.3) is 0 Å². The van der Waals surface area contributed by atoms with Crippen molar-refractivity contribution in [1.82, 2.24) is 0 Å². The van der Waals surface area contributed by atoms with Crippen LogP contribution in [0.2, 0.25) is 0 Å². The first kappa shape index (κ1) is 18.5. The van der Waals surface area contributed by atoms with E-state index in [0.717, 1.165) is 21.9 Å². The van der Waals surface area contributed by atoms with Crippen LogP contribution >= 0.6 is 7.29 Å². The predicted molar refractivity (Wildman–Crippen MR) is 108 cm³/mol. The zero-order chi connectivity index (χ0) is 18.1. The van der Waals surface area contributed by atoms with E-state index in [-0.39, 0.29) is 0 Å². The third-order valence-corrected chi connectivity index (χ3v) is 6.27. The van der Waals surface area contributed by atoms with E-state index in [0.29, 0.717) is 0 Å². The number of hydrogen-bond acceptors (Lipinski definition) is 1. The van der Waals surface area contributed by atoms with Gasteiger partial charge in [-0.3, -0.25) is 4.57 Å². The highest BCUT2D eigenvalue weighted by molar-refractivity contribution is 7.77. The Morgan fingerprint density at radius 3 is 1.48 bits per heavy atom. The first-order valence-electron chi connectivity index (χ1n) is 7.87.